The van der Waals surface area contributed by atoms with Crippen LogP contribution >= 0.6 is 11.6 Å². The number of hydrogen-bond acceptors (Lipinski definition) is 3. The zero-order valence-corrected chi connectivity index (χ0v) is 9.78. The van der Waals surface area contributed by atoms with Gasteiger partial charge in [-0.2, -0.15) is 5.10 Å². The first-order valence-corrected chi connectivity index (χ1v) is 5.55. The van der Waals surface area contributed by atoms with Crippen molar-refractivity contribution in [1.82, 2.24) is 20.1 Å². The molecule has 5 heteroatoms. The SMILES string of the molecule is CCNCc1ncnn1-c1ccccc1Cl. The lowest BCUT2D eigenvalue weighted by Gasteiger charge is -2.07. The Morgan fingerprint density at radius 1 is 1.38 bits per heavy atom. The zero-order chi connectivity index (χ0) is 11.4. The van der Waals surface area contributed by atoms with Crippen LogP contribution in [0.15, 0.2) is 30.6 Å². The Morgan fingerprint density at radius 3 is 2.94 bits per heavy atom. The standard InChI is InChI=1S/C11H13ClN4/c1-2-13-7-11-14-8-15-16(11)10-6-4-3-5-9(10)12/h3-6,8,13H,2,7H2,1H3. The van der Waals surface area contributed by atoms with Crippen molar-refractivity contribution in [3.63, 3.8) is 0 Å². The number of rotatable bonds is 4. The first kappa shape index (κ1) is 11.1. The third kappa shape index (κ3) is 2.23. The van der Waals surface area contributed by atoms with Gasteiger partial charge in [0, 0.05) is 0 Å². The van der Waals surface area contributed by atoms with Crippen molar-refractivity contribution >= 4 is 11.6 Å². The fraction of sp³-hybridized carbons (Fsp3) is 0.273. The van der Waals surface area contributed by atoms with E-state index in [0.717, 1.165) is 18.1 Å². The van der Waals surface area contributed by atoms with Crippen LogP contribution in [0.25, 0.3) is 5.69 Å². The van der Waals surface area contributed by atoms with E-state index in [2.05, 4.69) is 22.3 Å². The summed E-state index contributed by atoms with van der Waals surface area (Å²) in [4.78, 5) is 4.20. The van der Waals surface area contributed by atoms with Gasteiger partial charge in [-0.05, 0) is 18.7 Å². The van der Waals surface area contributed by atoms with E-state index in [9.17, 15) is 0 Å². The van der Waals surface area contributed by atoms with Gasteiger partial charge in [-0.15, -0.1) is 0 Å². The summed E-state index contributed by atoms with van der Waals surface area (Å²) in [7, 11) is 0. The van der Waals surface area contributed by atoms with E-state index in [0.29, 0.717) is 11.6 Å². The summed E-state index contributed by atoms with van der Waals surface area (Å²) in [5.41, 5.74) is 0.856. The van der Waals surface area contributed by atoms with Crippen LogP contribution in [-0.4, -0.2) is 21.3 Å². The predicted octanol–water partition coefficient (Wildman–Crippen LogP) is 2.03. The van der Waals surface area contributed by atoms with Crippen molar-refractivity contribution in [3.05, 3.63) is 41.4 Å². The van der Waals surface area contributed by atoms with Crippen molar-refractivity contribution < 1.29 is 0 Å². The average Bonchev–Trinajstić information content (AvgIpc) is 2.75. The monoisotopic (exact) mass is 236 g/mol. The molecule has 0 aliphatic rings. The normalized spacial score (nSPS) is 10.6. The molecule has 2 aromatic rings. The topological polar surface area (TPSA) is 42.7 Å². The molecule has 1 heterocycles. The Bertz CT molecular complexity index is 467. The Balaban J connectivity index is 2.33. The molecule has 0 amide bonds. The highest BCUT2D eigenvalue weighted by molar-refractivity contribution is 6.32. The van der Waals surface area contributed by atoms with Crippen LogP contribution in [0.2, 0.25) is 5.02 Å². The van der Waals surface area contributed by atoms with E-state index < -0.39 is 0 Å². The summed E-state index contributed by atoms with van der Waals surface area (Å²) in [6.07, 6.45) is 1.54. The van der Waals surface area contributed by atoms with Crippen molar-refractivity contribution in [2.45, 2.75) is 13.5 Å². The summed E-state index contributed by atoms with van der Waals surface area (Å²) >= 11 is 6.11. The second-order valence-electron chi connectivity index (χ2n) is 3.32. The van der Waals surface area contributed by atoms with E-state index >= 15 is 0 Å². The molecule has 16 heavy (non-hydrogen) atoms. The summed E-state index contributed by atoms with van der Waals surface area (Å²) in [5, 5.41) is 8.07. The van der Waals surface area contributed by atoms with Gasteiger partial charge in [0.05, 0.1) is 17.3 Å². The molecule has 1 aromatic heterocycles. The molecule has 1 N–H and O–H groups in total. The van der Waals surface area contributed by atoms with Crippen LogP contribution in [0.5, 0.6) is 0 Å². The predicted molar refractivity (Wildman–Crippen MR) is 63.7 cm³/mol. The molecule has 0 radical (unpaired) electrons. The zero-order valence-electron chi connectivity index (χ0n) is 9.02. The van der Waals surface area contributed by atoms with Crippen molar-refractivity contribution in [2.75, 3.05) is 6.54 Å². The van der Waals surface area contributed by atoms with Crippen LogP contribution in [-0.2, 0) is 6.54 Å². The van der Waals surface area contributed by atoms with Gasteiger partial charge in [-0.1, -0.05) is 30.7 Å². The Hall–Kier alpha value is -1.39. The Labute approximate surface area is 99.3 Å². The Kier molecular flexibility index (Phi) is 3.54. The molecule has 84 valence electrons. The molecule has 0 aliphatic heterocycles. The molecule has 0 bridgehead atoms. The maximum absolute atomic E-state index is 6.11. The lowest BCUT2D eigenvalue weighted by Crippen LogP contribution is -2.16. The third-order valence-electron chi connectivity index (χ3n) is 2.23. The minimum absolute atomic E-state index is 0.672. The fourth-order valence-electron chi connectivity index (χ4n) is 1.45. The average molecular weight is 237 g/mol. The van der Waals surface area contributed by atoms with Gasteiger partial charge in [0.2, 0.25) is 0 Å². The molecule has 0 unspecified atom stereocenters. The van der Waals surface area contributed by atoms with Crippen molar-refractivity contribution in [3.8, 4) is 5.69 Å². The van der Waals surface area contributed by atoms with E-state index in [1.807, 2.05) is 24.3 Å². The first-order chi connectivity index (χ1) is 7.83. The number of nitrogens with zero attached hydrogens (tertiary/aromatic N) is 3. The minimum atomic E-state index is 0.672. The summed E-state index contributed by atoms with van der Waals surface area (Å²) in [5.74, 6) is 0.856. The molecule has 1 aromatic carbocycles. The third-order valence-corrected chi connectivity index (χ3v) is 2.55. The molecule has 2 rings (SSSR count). The van der Waals surface area contributed by atoms with Crippen molar-refractivity contribution in [2.24, 2.45) is 0 Å². The minimum Gasteiger partial charge on any atom is -0.310 e. The molecule has 0 saturated carbocycles. The largest absolute Gasteiger partial charge is 0.310 e. The van der Waals surface area contributed by atoms with E-state index in [-0.39, 0.29) is 0 Å². The molecule has 0 saturated heterocycles. The van der Waals surface area contributed by atoms with Gasteiger partial charge >= 0.3 is 0 Å². The molecule has 0 fully saturated rings. The van der Waals surface area contributed by atoms with Gasteiger partial charge in [-0.3, -0.25) is 0 Å². The number of nitrogens with one attached hydrogen (secondary N) is 1. The van der Waals surface area contributed by atoms with Gasteiger partial charge in [0.15, 0.2) is 0 Å². The number of halogens is 1. The van der Waals surface area contributed by atoms with E-state index in [4.69, 9.17) is 11.6 Å². The quantitative estimate of drug-likeness (QED) is 0.884. The summed E-state index contributed by atoms with van der Waals surface area (Å²) in [6, 6.07) is 7.59. The molecule has 0 spiro atoms. The highest BCUT2D eigenvalue weighted by Gasteiger charge is 2.08. The second kappa shape index (κ2) is 5.09. The molecule has 4 nitrogen and oxygen atoms in total. The van der Waals surface area contributed by atoms with Crippen molar-refractivity contribution in [1.29, 1.82) is 0 Å². The van der Waals surface area contributed by atoms with Crippen LogP contribution in [0.1, 0.15) is 12.7 Å². The molecule has 0 aliphatic carbocycles. The number of hydrogen-bond donors (Lipinski definition) is 1. The maximum atomic E-state index is 6.11. The fourth-order valence-corrected chi connectivity index (χ4v) is 1.66. The lowest BCUT2D eigenvalue weighted by molar-refractivity contribution is 0.664. The van der Waals surface area contributed by atoms with Crippen LogP contribution in [0.4, 0.5) is 0 Å². The first-order valence-electron chi connectivity index (χ1n) is 5.17. The van der Waals surface area contributed by atoms with Gasteiger partial charge in [0.1, 0.15) is 12.2 Å². The summed E-state index contributed by atoms with van der Waals surface area (Å²) < 4.78 is 1.75. The van der Waals surface area contributed by atoms with Crippen LogP contribution in [0, 0.1) is 0 Å². The highest BCUT2D eigenvalue weighted by atomic mass is 35.5. The van der Waals surface area contributed by atoms with E-state index in [1.165, 1.54) is 6.33 Å². The van der Waals surface area contributed by atoms with Gasteiger partial charge < -0.3 is 5.32 Å². The Morgan fingerprint density at radius 2 is 2.19 bits per heavy atom. The lowest BCUT2D eigenvalue weighted by atomic mass is 10.3. The highest BCUT2D eigenvalue weighted by Crippen LogP contribution is 2.19. The number of para-hydroxylation sites is 1. The van der Waals surface area contributed by atoms with Gasteiger partial charge in [0.25, 0.3) is 0 Å². The van der Waals surface area contributed by atoms with Crippen LogP contribution in [0.3, 0.4) is 0 Å². The smallest absolute Gasteiger partial charge is 0.146 e. The molecular formula is C11H13ClN4. The summed E-state index contributed by atoms with van der Waals surface area (Å²) in [6.45, 7) is 3.63. The number of aromatic nitrogens is 3. The van der Waals surface area contributed by atoms with Crippen LogP contribution < -0.4 is 5.32 Å². The van der Waals surface area contributed by atoms with Gasteiger partial charge in [-0.25, -0.2) is 9.67 Å². The number of benzene rings is 1. The maximum Gasteiger partial charge on any atom is 0.146 e. The molecule has 0 atom stereocenters. The molecular weight excluding hydrogens is 224 g/mol. The van der Waals surface area contributed by atoms with E-state index in [1.54, 1.807) is 4.68 Å². The second-order valence-corrected chi connectivity index (χ2v) is 3.73.